The highest BCUT2D eigenvalue weighted by atomic mass is 16.5. The Hall–Kier alpha value is -1.83. The summed E-state index contributed by atoms with van der Waals surface area (Å²) >= 11 is 0. The molecule has 3 heterocycles. The molecule has 0 amide bonds. The summed E-state index contributed by atoms with van der Waals surface area (Å²) < 4.78 is 11.3. The minimum atomic E-state index is 0.411. The van der Waals surface area contributed by atoms with Crippen molar-refractivity contribution in [3.05, 3.63) is 29.8 Å². The van der Waals surface area contributed by atoms with Gasteiger partial charge in [0.1, 0.15) is 0 Å². The molecule has 3 atom stereocenters. The molecule has 2 N–H and O–H groups in total. The van der Waals surface area contributed by atoms with E-state index in [1.165, 1.54) is 11.3 Å². The van der Waals surface area contributed by atoms with E-state index in [2.05, 4.69) is 56.6 Å². The molecular formula is C23H37N5O2. The summed E-state index contributed by atoms with van der Waals surface area (Å²) in [6.07, 6.45) is 2.27. The number of aliphatic imine (C=N–C) groups is 1. The number of rotatable bonds is 6. The Morgan fingerprint density at radius 2 is 1.90 bits per heavy atom. The highest BCUT2D eigenvalue weighted by Crippen LogP contribution is 2.22. The van der Waals surface area contributed by atoms with E-state index < -0.39 is 0 Å². The molecule has 7 nitrogen and oxygen atoms in total. The van der Waals surface area contributed by atoms with Crippen LogP contribution in [-0.2, 0) is 9.47 Å². The second kappa shape index (κ2) is 10.5. The topological polar surface area (TPSA) is 61.4 Å². The van der Waals surface area contributed by atoms with Crippen molar-refractivity contribution in [2.75, 3.05) is 71.1 Å². The number of morpholine rings is 1. The highest BCUT2D eigenvalue weighted by molar-refractivity contribution is 5.80. The SMILES string of the molecule is CN=C(NCC(C1CCOC1)N1CCOCC1)NC1CCN(c2ccc(C)cc2)C1. The lowest BCUT2D eigenvalue weighted by molar-refractivity contribution is 0.00246. The summed E-state index contributed by atoms with van der Waals surface area (Å²) in [6, 6.07) is 9.70. The lowest BCUT2D eigenvalue weighted by atomic mass is 9.97. The maximum atomic E-state index is 5.69. The number of ether oxygens (including phenoxy) is 2. The Morgan fingerprint density at radius 3 is 2.60 bits per heavy atom. The second-order valence-corrected chi connectivity index (χ2v) is 8.70. The van der Waals surface area contributed by atoms with Crippen LogP contribution in [0, 0.1) is 12.8 Å². The fourth-order valence-corrected chi connectivity index (χ4v) is 4.82. The van der Waals surface area contributed by atoms with Gasteiger partial charge in [-0.2, -0.15) is 0 Å². The van der Waals surface area contributed by atoms with Crippen molar-refractivity contribution in [3.8, 4) is 0 Å². The maximum Gasteiger partial charge on any atom is 0.191 e. The molecule has 1 aromatic carbocycles. The molecule has 0 aliphatic carbocycles. The first-order valence-electron chi connectivity index (χ1n) is 11.4. The van der Waals surface area contributed by atoms with E-state index in [0.29, 0.717) is 18.0 Å². The first-order chi connectivity index (χ1) is 14.7. The van der Waals surface area contributed by atoms with Crippen LogP contribution in [0.2, 0.25) is 0 Å². The standard InChI is InChI=1S/C23H37N5O2/c1-18-3-5-21(6-4-18)28-9-7-20(16-28)26-23(24-2)25-15-22(19-8-12-30-17-19)27-10-13-29-14-11-27/h3-6,19-20,22H,7-17H2,1-2H3,(H2,24,25,26). The lowest BCUT2D eigenvalue weighted by Crippen LogP contribution is -2.54. The van der Waals surface area contributed by atoms with Gasteiger partial charge in [-0.25, -0.2) is 0 Å². The second-order valence-electron chi connectivity index (χ2n) is 8.70. The van der Waals surface area contributed by atoms with Crippen molar-refractivity contribution in [2.24, 2.45) is 10.9 Å². The molecule has 0 bridgehead atoms. The molecule has 1 aromatic rings. The first-order valence-corrected chi connectivity index (χ1v) is 11.4. The Kier molecular flexibility index (Phi) is 7.47. The number of hydrogen-bond donors (Lipinski definition) is 2. The van der Waals surface area contributed by atoms with Crippen LogP contribution in [0.1, 0.15) is 18.4 Å². The minimum absolute atomic E-state index is 0.411. The average Bonchev–Trinajstić information content (AvgIpc) is 3.47. The molecule has 3 fully saturated rings. The van der Waals surface area contributed by atoms with Gasteiger partial charge in [0.05, 0.1) is 19.8 Å². The van der Waals surface area contributed by atoms with Gasteiger partial charge >= 0.3 is 0 Å². The van der Waals surface area contributed by atoms with Gasteiger partial charge < -0.3 is 25.0 Å². The Morgan fingerprint density at radius 1 is 1.10 bits per heavy atom. The van der Waals surface area contributed by atoms with Crippen LogP contribution in [0.4, 0.5) is 5.69 Å². The van der Waals surface area contributed by atoms with Crippen LogP contribution in [0.3, 0.4) is 0 Å². The molecule has 3 aliphatic rings. The van der Waals surface area contributed by atoms with E-state index in [0.717, 1.165) is 78.0 Å². The van der Waals surface area contributed by atoms with E-state index in [-0.39, 0.29) is 0 Å². The predicted octanol–water partition coefficient (Wildman–Crippen LogP) is 1.48. The summed E-state index contributed by atoms with van der Waals surface area (Å²) in [6.45, 7) is 10.5. The third-order valence-electron chi connectivity index (χ3n) is 6.65. The summed E-state index contributed by atoms with van der Waals surface area (Å²) in [5, 5.41) is 7.26. The number of guanidine groups is 1. The molecule has 3 saturated heterocycles. The molecule has 30 heavy (non-hydrogen) atoms. The van der Waals surface area contributed by atoms with Crippen LogP contribution < -0.4 is 15.5 Å². The average molecular weight is 416 g/mol. The van der Waals surface area contributed by atoms with E-state index in [9.17, 15) is 0 Å². The fraction of sp³-hybridized carbons (Fsp3) is 0.696. The number of benzene rings is 1. The summed E-state index contributed by atoms with van der Waals surface area (Å²) in [4.78, 5) is 9.53. The summed E-state index contributed by atoms with van der Waals surface area (Å²) in [5.41, 5.74) is 2.61. The van der Waals surface area contributed by atoms with E-state index in [4.69, 9.17) is 9.47 Å². The van der Waals surface area contributed by atoms with Crippen LogP contribution >= 0.6 is 0 Å². The minimum Gasteiger partial charge on any atom is -0.381 e. The van der Waals surface area contributed by atoms with Gasteiger partial charge in [-0.05, 0) is 31.9 Å². The molecule has 3 aliphatic heterocycles. The van der Waals surface area contributed by atoms with E-state index in [1.807, 2.05) is 7.05 Å². The molecule has 4 rings (SSSR count). The van der Waals surface area contributed by atoms with Crippen LogP contribution in [-0.4, -0.2) is 89.1 Å². The van der Waals surface area contributed by atoms with Gasteiger partial charge in [0.2, 0.25) is 0 Å². The van der Waals surface area contributed by atoms with E-state index in [1.54, 1.807) is 0 Å². The van der Waals surface area contributed by atoms with E-state index >= 15 is 0 Å². The monoisotopic (exact) mass is 415 g/mol. The number of aryl methyl sites for hydroxylation is 1. The van der Waals surface area contributed by atoms with Gasteiger partial charge in [-0.3, -0.25) is 9.89 Å². The zero-order valence-electron chi connectivity index (χ0n) is 18.5. The van der Waals surface area contributed by atoms with Crippen molar-refractivity contribution in [2.45, 2.75) is 31.8 Å². The largest absolute Gasteiger partial charge is 0.381 e. The molecule has 0 spiro atoms. The van der Waals surface area contributed by atoms with Crippen LogP contribution in [0.25, 0.3) is 0 Å². The molecule has 0 aromatic heterocycles. The summed E-state index contributed by atoms with van der Waals surface area (Å²) in [5.74, 6) is 1.49. The zero-order chi connectivity index (χ0) is 20.8. The highest BCUT2D eigenvalue weighted by Gasteiger charge is 2.32. The van der Waals surface area contributed by atoms with Gasteiger partial charge in [0.25, 0.3) is 0 Å². The normalized spacial score (nSPS) is 26.7. The Bertz CT molecular complexity index is 683. The Labute approximate surface area is 180 Å². The molecule has 3 unspecified atom stereocenters. The van der Waals surface area contributed by atoms with Crippen LogP contribution in [0.5, 0.6) is 0 Å². The maximum absolute atomic E-state index is 5.69. The van der Waals surface area contributed by atoms with Crippen molar-refractivity contribution in [1.82, 2.24) is 15.5 Å². The molecule has 166 valence electrons. The predicted molar refractivity (Wildman–Crippen MR) is 121 cm³/mol. The fourth-order valence-electron chi connectivity index (χ4n) is 4.82. The van der Waals surface area contributed by atoms with Gasteiger partial charge in [-0.1, -0.05) is 17.7 Å². The van der Waals surface area contributed by atoms with Crippen molar-refractivity contribution < 1.29 is 9.47 Å². The third-order valence-corrected chi connectivity index (χ3v) is 6.65. The molecule has 0 radical (unpaired) electrons. The third kappa shape index (κ3) is 5.45. The smallest absolute Gasteiger partial charge is 0.191 e. The lowest BCUT2D eigenvalue weighted by Gasteiger charge is -2.37. The number of nitrogens with one attached hydrogen (secondary N) is 2. The van der Waals surface area contributed by atoms with Crippen molar-refractivity contribution in [3.63, 3.8) is 0 Å². The van der Waals surface area contributed by atoms with Crippen molar-refractivity contribution in [1.29, 1.82) is 0 Å². The zero-order valence-corrected chi connectivity index (χ0v) is 18.5. The van der Waals surface area contributed by atoms with Crippen molar-refractivity contribution >= 4 is 11.6 Å². The first kappa shape index (κ1) is 21.4. The quantitative estimate of drug-likeness (QED) is 0.542. The van der Waals surface area contributed by atoms with Crippen LogP contribution in [0.15, 0.2) is 29.3 Å². The molecule has 0 saturated carbocycles. The van der Waals surface area contributed by atoms with Gasteiger partial charge in [0.15, 0.2) is 5.96 Å². The molecule has 7 heteroatoms. The molecular weight excluding hydrogens is 378 g/mol. The number of anilines is 1. The number of hydrogen-bond acceptors (Lipinski definition) is 5. The van der Waals surface area contributed by atoms with Gasteiger partial charge in [-0.15, -0.1) is 0 Å². The Balaban J connectivity index is 1.29. The number of nitrogens with zero attached hydrogens (tertiary/aromatic N) is 3. The summed E-state index contributed by atoms with van der Waals surface area (Å²) in [7, 11) is 1.87. The van der Waals surface area contributed by atoms with Gasteiger partial charge in [0, 0.05) is 70.1 Å².